The molecule has 1 aromatic rings. The van der Waals surface area contributed by atoms with Crippen LogP contribution in [-0.2, 0) is 11.2 Å². The van der Waals surface area contributed by atoms with Gasteiger partial charge >= 0.3 is 0 Å². The van der Waals surface area contributed by atoms with Gasteiger partial charge in [-0.1, -0.05) is 0 Å². The number of primary amides is 1. The maximum absolute atomic E-state index is 10.5. The van der Waals surface area contributed by atoms with Gasteiger partial charge < -0.3 is 10.7 Å². The second-order valence-corrected chi connectivity index (χ2v) is 2.76. The van der Waals surface area contributed by atoms with Crippen molar-refractivity contribution in [3.63, 3.8) is 0 Å². The Kier molecular flexibility index (Phi) is 1.98. The van der Waals surface area contributed by atoms with Gasteiger partial charge in [-0.15, -0.1) is 0 Å². The number of aromatic amines is 1. The number of carbonyl (C=O) groups excluding carboxylic acids is 1. The quantitative estimate of drug-likeness (QED) is 0.642. The minimum absolute atomic E-state index is 0.296. The van der Waals surface area contributed by atoms with Crippen molar-refractivity contribution >= 4 is 5.91 Å². The molecule has 0 aliphatic carbocycles. The molecule has 0 aliphatic heterocycles. The predicted molar refractivity (Wildman–Crippen MR) is 43.2 cm³/mol. The second-order valence-electron chi connectivity index (χ2n) is 2.76. The van der Waals surface area contributed by atoms with Crippen LogP contribution in [0, 0.1) is 13.8 Å². The van der Waals surface area contributed by atoms with Gasteiger partial charge in [-0.25, -0.2) is 0 Å². The van der Waals surface area contributed by atoms with E-state index in [2.05, 4.69) is 4.98 Å². The SMILES string of the molecule is Cc1cc(C)c(CC(N)=O)[nH]1. The zero-order valence-corrected chi connectivity index (χ0v) is 6.77. The maximum Gasteiger partial charge on any atom is 0.223 e. The molecule has 0 aromatic carbocycles. The number of hydrogen-bond donors (Lipinski definition) is 2. The minimum Gasteiger partial charge on any atom is -0.369 e. The van der Waals surface area contributed by atoms with Crippen LogP contribution >= 0.6 is 0 Å². The maximum atomic E-state index is 10.5. The first-order chi connectivity index (χ1) is 5.09. The summed E-state index contributed by atoms with van der Waals surface area (Å²) in [6.45, 7) is 3.92. The van der Waals surface area contributed by atoms with E-state index in [1.807, 2.05) is 19.9 Å². The van der Waals surface area contributed by atoms with Gasteiger partial charge in [-0.2, -0.15) is 0 Å². The summed E-state index contributed by atoms with van der Waals surface area (Å²) in [6.07, 6.45) is 0.305. The van der Waals surface area contributed by atoms with Crippen LogP contribution in [0.2, 0.25) is 0 Å². The molecule has 60 valence electrons. The lowest BCUT2D eigenvalue weighted by molar-refractivity contribution is -0.117. The minimum atomic E-state index is -0.296. The van der Waals surface area contributed by atoms with E-state index < -0.39 is 0 Å². The number of nitrogens with two attached hydrogens (primary N) is 1. The Morgan fingerprint density at radius 2 is 2.27 bits per heavy atom. The molecule has 0 aliphatic rings. The number of nitrogens with one attached hydrogen (secondary N) is 1. The lowest BCUT2D eigenvalue weighted by atomic mass is 10.2. The molecule has 3 N–H and O–H groups in total. The van der Waals surface area contributed by atoms with E-state index in [1.54, 1.807) is 0 Å². The van der Waals surface area contributed by atoms with Crippen LogP contribution in [0.25, 0.3) is 0 Å². The van der Waals surface area contributed by atoms with Crippen molar-refractivity contribution in [3.05, 3.63) is 23.0 Å². The van der Waals surface area contributed by atoms with Crippen LogP contribution in [0.5, 0.6) is 0 Å². The third kappa shape index (κ3) is 1.83. The van der Waals surface area contributed by atoms with E-state index in [9.17, 15) is 4.79 Å². The molecule has 0 saturated heterocycles. The zero-order valence-electron chi connectivity index (χ0n) is 6.77. The van der Waals surface area contributed by atoms with Crippen LogP contribution in [0.15, 0.2) is 6.07 Å². The van der Waals surface area contributed by atoms with Crippen molar-refractivity contribution in [3.8, 4) is 0 Å². The highest BCUT2D eigenvalue weighted by Crippen LogP contribution is 2.08. The Labute approximate surface area is 65.6 Å². The van der Waals surface area contributed by atoms with E-state index in [0.29, 0.717) is 6.42 Å². The van der Waals surface area contributed by atoms with Crippen molar-refractivity contribution in [2.45, 2.75) is 20.3 Å². The zero-order chi connectivity index (χ0) is 8.43. The van der Waals surface area contributed by atoms with Gasteiger partial charge in [0.25, 0.3) is 0 Å². The fourth-order valence-electron chi connectivity index (χ4n) is 1.14. The number of aromatic nitrogens is 1. The third-order valence-electron chi connectivity index (χ3n) is 1.61. The molecule has 1 heterocycles. The number of carbonyl (C=O) groups is 1. The van der Waals surface area contributed by atoms with Crippen LogP contribution < -0.4 is 5.73 Å². The Bertz CT molecular complexity index is 276. The molecule has 0 spiro atoms. The summed E-state index contributed by atoms with van der Waals surface area (Å²) in [6, 6.07) is 2.00. The lowest BCUT2D eigenvalue weighted by Gasteiger charge is -1.93. The normalized spacial score (nSPS) is 10.0. The van der Waals surface area contributed by atoms with Crippen LogP contribution in [-0.4, -0.2) is 10.9 Å². The molecule has 1 rings (SSSR count). The van der Waals surface area contributed by atoms with Gasteiger partial charge in [0, 0.05) is 11.4 Å². The van der Waals surface area contributed by atoms with Gasteiger partial charge in [-0.3, -0.25) is 4.79 Å². The first-order valence-electron chi connectivity index (χ1n) is 3.53. The molecule has 3 heteroatoms. The Morgan fingerprint density at radius 1 is 1.64 bits per heavy atom. The molecule has 0 atom stereocenters. The molecule has 1 amide bonds. The lowest BCUT2D eigenvalue weighted by Crippen LogP contribution is -2.14. The van der Waals surface area contributed by atoms with E-state index in [-0.39, 0.29) is 5.91 Å². The van der Waals surface area contributed by atoms with Gasteiger partial charge in [0.15, 0.2) is 0 Å². The summed E-state index contributed by atoms with van der Waals surface area (Å²) in [7, 11) is 0. The summed E-state index contributed by atoms with van der Waals surface area (Å²) >= 11 is 0. The fraction of sp³-hybridized carbons (Fsp3) is 0.375. The number of aryl methyl sites for hydroxylation is 2. The molecule has 0 saturated carbocycles. The van der Waals surface area contributed by atoms with Crippen molar-refractivity contribution < 1.29 is 4.79 Å². The van der Waals surface area contributed by atoms with E-state index in [1.165, 1.54) is 0 Å². The van der Waals surface area contributed by atoms with E-state index in [4.69, 9.17) is 5.73 Å². The Morgan fingerprint density at radius 3 is 2.64 bits per heavy atom. The number of hydrogen-bond acceptors (Lipinski definition) is 1. The van der Waals surface area contributed by atoms with Gasteiger partial charge in [0.05, 0.1) is 6.42 Å². The highest BCUT2D eigenvalue weighted by atomic mass is 16.1. The summed E-state index contributed by atoms with van der Waals surface area (Å²) in [5.74, 6) is -0.296. The topological polar surface area (TPSA) is 58.9 Å². The predicted octanol–water partition coefficient (Wildman–Crippen LogP) is 0.659. The summed E-state index contributed by atoms with van der Waals surface area (Å²) in [5.41, 5.74) is 8.14. The van der Waals surface area contributed by atoms with Crippen LogP contribution in [0.1, 0.15) is 17.0 Å². The monoisotopic (exact) mass is 152 g/mol. The summed E-state index contributed by atoms with van der Waals surface area (Å²) in [4.78, 5) is 13.6. The molecule has 0 fully saturated rings. The average molecular weight is 152 g/mol. The largest absolute Gasteiger partial charge is 0.369 e. The van der Waals surface area contributed by atoms with Crippen molar-refractivity contribution in [1.82, 2.24) is 4.98 Å². The second kappa shape index (κ2) is 2.78. The highest BCUT2D eigenvalue weighted by Gasteiger charge is 2.03. The average Bonchev–Trinajstić information content (AvgIpc) is 2.09. The van der Waals surface area contributed by atoms with Gasteiger partial charge in [-0.05, 0) is 25.5 Å². The van der Waals surface area contributed by atoms with Gasteiger partial charge in [0.2, 0.25) is 5.91 Å². The standard InChI is InChI=1S/C8H12N2O/c1-5-3-6(2)10-7(5)4-8(9)11/h3,10H,4H2,1-2H3,(H2,9,11). The third-order valence-corrected chi connectivity index (χ3v) is 1.61. The molecule has 0 bridgehead atoms. The number of amides is 1. The van der Waals surface area contributed by atoms with Crippen LogP contribution in [0.3, 0.4) is 0 Å². The number of rotatable bonds is 2. The summed E-state index contributed by atoms with van der Waals surface area (Å²) in [5, 5.41) is 0. The fourth-order valence-corrected chi connectivity index (χ4v) is 1.14. The summed E-state index contributed by atoms with van der Waals surface area (Å²) < 4.78 is 0. The molecule has 1 aromatic heterocycles. The van der Waals surface area contributed by atoms with E-state index in [0.717, 1.165) is 17.0 Å². The first-order valence-corrected chi connectivity index (χ1v) is 3.53. The Balaban J connectivity index is 2.85. The van der Waals surface area contributed by atoms with E-state index >= 15 is 0 Å². The Hall–Kier alpha value is -1.25. The van der Waals surface area contributed by atoms with Crippen molar-refractivity contribution in [2.24, 2.45) is 5.73 Å². The van der Waals surface area contributed by atoms with Crippen molar-refractivity contribution in [1.29, 1.82) is 0 Å². The van der Waals surface area contributed by atoms with Gasteiger partial charge in [0.1, 0.15) is 0 Å². The molecular weight excluding hydrogens is 140 g/mol. The first kappa shape index (κ1) is 7.85. The van der Waals surface area contributed by atoms with Crippen molar-refractivity contribution in [2.75, 3.05) is 0 Å². The highest BCUT2D eigenvalue weighted by molar-refractivity contribution is 5.76. The number of H-pyrrole nitrogens is 1. The molecule has 0 unspecified atom stereocenters. The smallest absolute Gasteiger partial charge is 0.223 e. The molecule has 3 nitrogen and oxygen atoms in total. The van der Waals surface area contributed by atoms with Crippen LogP contribution in [0.4, 0.5) is 0 Å². The molecule has 11 heavy (non-hydrogen) atoms. The molecule has 0 radical (unpaired) electrons. The molecular formula is C8H12N2O.